The summed E-state index contributed by atoms with van der Waals surface area (Å²) in [4.78, 5) is 26.7. The van der Waals surface area contributed by atoms with Crippen LogP contribution in [0.3, 0.4) is 0 Å². The van der Waals surface area contributed by atoms with Gasteiger partial charge in [-0.05, 0) is 24.3 Å². The number of ether oxygens (including phenoxy) is 1. The zero-order valence-electron chi connectivity index (χ0n) is 13.4. The third-order valence-electron chi connectivity index (χ3n) is 3.93. The number of hydrogen-bond acceptors (Lipinski definition) is 3. The van der Waals surface area contributed by atoms with Gasteiger partial charge in [-0.25, -0.2) is 4.39 Å². The fraction of sp³-hybridized carbons (Fsp3) is 0.111. The molecule has 0 saturated heterocycles. The van der Waals surface area contributed by atoms with E-state index >= 15 is 0 Å². The molecule has 3 rings (SSSR count). The average molecular weight is 380 g/mol. The molecule has 0 spiro atoms. The van der Waals surface area contributed by atoms with Gasteiger partial charge in [0.05, 0.1) is 24.8 Å². The SMILES string of the molecule is COc1ccc(C(=O)c2[nH]c3cc(Cl)ccc3c2CC(=O)O)c(F)c1F. The van der Waals surface area contributed by atoms with Crippen molar-refractivity contribution >= 4 is 34.3 Å². The normalized spacial score (nSPS) is 10.9. The van der Waals surface area contributed by atoms with E-state index in [0.29, 0.717) is 15.9 Å². The van der Waals surface area contributed by atoms with Gasteiger partial charge < -0.3 is 14.8 Å². The van der Waals surface area contributed by atoms with Crippen molar-refractivity contribution in [3.05, 3.63) is 63.8 Å². The maximum atomic E-state index is 14.3. The van der Waals surface area contributed by atoms with Crippen LogP contribution in [0.25, 0.3) is 10.9 Å². The first-order chi connectivity index (χ1) is 12.3. The second-order valence-corrected chi connectivity index (χ2v) is 5.95. The molecule has 1 aromatic heterocycles. The number of aliphatic carboxylic acids is 1. The summed E-state index contributed by atoms with van der Waals surface area (Å²) in [6, 6.07) is 6.84. The molecule has 0 unspecified atom stereocenters. The molecule has 0 aliphatic heterocycles. The maximum absolute atomic E-state index is 14.3. The molecular weight excluding hydrogens is 368 g/mol. The minimum atomic E-state index is -1.37. The molecule has 1 heterocycles. The molecule has 0 saturated carbocycles. The van der Waals surface area contributed by atoms with Crippen molar-refractivity contribution in [1.82, 2.24) is 4.98 Å². The number of H-pyrrole nitrogens is 1. The number of methoxy groups -OCH3 is 1. The van der Waals surface area contributed by atoms with Gasteiger partial charge in [-0.1, -0.05) is 17.7 Å². The number of carboxylic acid groups (broad SMARTS) is 1. The topological polar surface area (TPSA) is 79.4 Å². The number of benzene rings is 2. The van der Waals surface area contributed by atoms with E-state index in [-0.39, 0.29) is 17.0 Å². The van der Waals surface area contributed by atoms with Crippen LogP contribution >= 0.6 is 11.6 Å². The Hall–Kier alpha value is -2.93. The van der Waals surface area contributed by atoms with Crippen molar-refractivity contribution < 1.29 is 28.2 Å². The van der Waals surface area contributed by atoms with Gasteiger partial charge in [0.15, 0.2) is 11.6 Å². The number of hydrogen-bond donors (Lipinski definition) is 2. The second-order valence-electron chi connectivity index (χ2n) is 5.51. The van der Waals surface area contributed by atoms with Crippen molar-refractivity contribution in [3.63, 3.8) is 0 Å². The summed E-state index contributed by atoms with van der Waals surface area (Å²) < 4.78 is 32.9. The first-order valence-electron chi connectivity index (χ1n) is 7.42. The van der Waals surface area contributed by atoms with Crippen molar-refractivity contribution in [3.8, 4) is 5.75 Å². The molecule has 0 radical (unpaired) electrons. The lowest BCUT2D eigenvalue weighted by molar-refractivity contribution is -0.136. The third kappa shape index (κ3) is 3.01. The summed E-state index contributed by atoms with van der Waals surface area (Å²) in [6.45, 7) is 0. The maximum Gasteiger partial charge on any atom is 0.307 e. The quantitative estimate of drug-likeness (QED) is 0.657. The molecule has 26 heavy (non-hydrogen) atoms. The highest BCUT2D eigenvalue weighted by Gasteiger charge is 2.25. The molecule has 5 nitrogen and oxygen atoms in total. The highest BCUT2D eigenvalue weighted by Crippen LogP contribution is 2.29. The molecule has 134 valence electrons. The Balaban J connectivity index is 2.19. The Bertz CT molecular complexity index is 1050. The first kappa shape index (κ1) is 17.9. The summed E-state index contributed by atoms with van der Waals surface area (Å²) in [5.74, 6) is -5.04. The summed E-state index contributed by atoms with van der Waals surface area (Å²) in [5, 5.41) is 9.98. The van der Waals surface area contributed by atoms with E-state index in [0.717, 1.165) is 12.1 Å². The van der Waals surface area contributed by atoms with Crippen LogP contribution in [0.1, 0.15) is 21.6 Å². The number of rotatable bonds is 5. The number of aromatic nitrogens is 1. The van der Waals surface area contributed by atoms with Gasteiger partial charge in [-0.15, -0.1) is 0 Å². The molecule has 2 aromatic carbocycles. The number of nitrogens with one attached hydrogen (secondary N) is 1. The smallest absolute Gasteiger partial charge is 0.307 e. The molecule has 0 amide bonds. The van der Waals surface area contributed by atoms with Crippen molar-refractivity contribution in [2.24, 2.45) is 0 Å². The molecule has 2 N–H and O–H groups in total. The summed E-state index contributed by atoms with van der Waals surface area (Å²) in [7, 11) is 1.17. The van der Waals surface area contributed by atoms with E-state index in [1.165, 1.54) is 13.2 Å². The van der Waals surface area contributed by atoms with E-state index in [1.54, 1.807) is 12.1 Å². The predicted octanol–water partition coefficient (Wildman–Crippen LogP) is 3.97. The number of carbonyl (C=O) groups excluding carboxylic acids is 1. The summed E-state index contributed by atoms with van der Waals surface area (Å²) >= 11 is 5.92. The minimum absolute atomic E-state index is 0.131. The van der Waals surface area contributed by atoms with Crippen molar-refractivity contribution in [2.75, 3.05) is 7.11 Å². The Morgan fingerprint density at radius 3 is 2.58 bits per heavy atom. The van der Waals surface area contributed by atoms with Crippen LogP contribution in [0.15, 0.2) is 30.3 Å². The van der Waals surface area contributed by atoms with Crippen molar-refractivity contribution in [1.29, 1.82) is 0 Å². The highest BCUT2D eigenvalue weighted by molar-refractivity contribution is 6.31. The summed E-state index contributed by atoms with van der Waals surface area (Å²) in [5.41, 5.74) is -0.0722. The zero-order chi connectivity index (χ0) is 19.0. The van der Waals surface area contributed by atoms with Gasteiger partial charge in [-0.3, -0.25) is 9.59 Å². The highest BCUT2D eigenvalue weighted by atomic mass is 35.5. The van der Waals surface area contributed by atoms with E-state index in [9.17, 15) is 18.4 Å². The number of halogens is 3. The van der Waals surface area contributed by atoms with Gasteiger partial charge in [0.25, 0.3) is 0 Å². The zero-order valence-corrected chi connectivity index (χ0v) is 14.2. The monoisotopic (exact) mass is 379 g/mol. The first-order valence-corrected chi connectivity index (χ1v) is 7.79. The van der Waals surface area contributed by atoms with Crippen LogP contribution < -0.4 is 4.74 Å². The lowest BCUT2D eigenvalue weighted by atomic mass is 10.0. The number of carbonyl (C=O) groups is 2. The predicted molar refractivity (Wildman–Crippen MR) is 91.0 cm³/mol. The van der Waals surface area contributed by atoms with Crippen LogP contribution in [0.5, 0.6) is 5.75 Å². The Morgan fingerprint density at radius 1 is 1.19 bits per heavy atom. The van der Waals surface area contributed by atoms with Gasteiger partial charge in [0, 0.05) is 21.5 Å². The van der Waals surface area contributed by atoms with E-state index in [4.69, 9.17) is 16.7 Å². The van der Waals surface area contributed by atoms with Crippen molar-refractivity contribution in [2.45, 2.75) is 6.42 Å². The standard InChI is InChI=1S/C18H12ClF2NO4/c1-26-13-5-4-10(15(20)16(13)21)18(25)17-11(7-14(23)24)9-3-2-8(19)6-12(9)22-17/h2-6,22H,7H2,1H3,(H,23,24). The van der Waals surface area contributed by atoms with Crippen LogP contribution in [0.4, 0.5) is 8.78 Å². The average Bonchev–Trinajstić information content (AvgIpc) is 2.93. The number of carboxylic acids is 1. The Kier molecular flexibility index (Phi) is 4.65. The number of fused-ring (bicyclic) bond motifs is 1. The van der Waals surface area contributed by atoms with Gasteiger partial charge in [0.1, 0.15) is 0 Å². The van der Waals surface area contributed by atoms with Gasteiger partial charge in [0.2, 0.25) is 11.6 Å². The minimum Gasteiger partial charge on any atom is -0.494 e. The fourth-order valence-corrected chi connectivity index (χ4v) is 2.93. The van der Waals surface area contributed by atoms with E-state index in [2.05, 4.69) is 9.72 Å². The number of ketones is 1. The van der Waals surface area contributed by atoms with E-state index < -0.39 is 35.4 Å². The molecule has 0 aliphatic rings. The number of aromatic amines is 1. The summed E-state index contributed by atoms with van der Waals surface area (Å²) in [6.07, 6.45) is -0.469. The lowest BCUT2D eigenvalue weighted by Crippen LogP contribution is -2.11. The van der Waals surface area contributed by atoms with Crippen LogP contribution in [0.2, 0.25) is 5.02 Å². The van der Waals surface area contributed by atoms with Crippen LogP contribution in [-0.2, 0) is 11.2 Å². The fourth-order valence-electron chi connectivity index (χ4n) is 2.76. The molecule has 3 aromatic rings. The largest absolute Gasteiger partial charge is 0.494 e. The Morgan fingerprint density at radius 2 is 1.92 bits per heavy atom. The van der Waals surface area contributed by atoms with Gasteiger partial charge in [-0.2, -0.15) is 4.39 Å². The third-order valence-corrected chi connectivity index (χ3v) is 4.17. The molecule has 0 aliphatic carbocycles. The second kappa shape index (κ2) is 6.76. The van der Waals surface area contributed by atoms with Crippen LogP contribution in [0, 0.1) is 11.6 Å². The molecule has 0 fully saturated rings. The molecule has 8 heteroatoms. The molecule has 0 bridgehead atoms. The van der Waals surface area contributed by atoms with E-state index in [1.807, 2.05) is 0 Å². The molecular formula is C18H12ClF2NO4. The van der Waals surface area contributed by atoms with Crippen LogP contribution in [-0.4, -0.2) is 29.0 Å². The molecule has 0 atom stereocenters. The lowest BCUT2D eigenvalue weighted by Gasteiger charge is -2.07. The van der Waals surface area contributed by atoms with Gasteiger partial charge >= 0.3 is 5.97 Å². The Labute approximate surface area is 151 Å².